The molecule has 1 aliphatic rings. The van der Waals surface area contributed by atoms with E-state index in [4.69, 9.17) is 4.74 Å². The van der Waals surface area contributed by atoms with Crippen LogP contribution in [0.5, 0.6) is 0 Å². The Bertz CT molecular complexity index is 558. The molecule has 6 heteroatoms. The molecule has 2 rings (SSSR count). The first-order valence-electron chi connectivity index (χ1n) is 7.78. The van der Waals surface area contributed by atoms with Crippen molar-refractivity contribution in [3.05, 3.63) is 24.3 Å². The summed E-state index contributed by atoms with van der Waals surface area (Å²) in [5.74, 6) is 0.129. The van der Waals surface area contributed by atoms with Crippen molar-refractivity contribution in [3.8, 4) is 0 Å². The number of piperidine rings is 1. The van der Waals surface area contributed by atoms with E-state index < -0.39 is 9.84 Å². The molecule has 1 heterocycles. The molecule has 0 unspecified atom stereocenters. The molecule has 1 fully saturated rings. The van der Waals surface area contributed by atoms with Crippen molar-refractivity contribution >= 4 is 15.5 Å². The highest BCUT2D eigenvalue weighted by molar-refractivity contribution is 7.91. The zero-order chi connectivity index (χ0) is 16.1. The first-order valence-corrected chi connectivity index (χ1v) is 9.43. The van der Waals surface area contributed by atoms with Gasteiger partial charge in [-0.25, -0.2) is 8.42 Å². The van der Waals surface area contributed by atoms with Crippen molar-refractivity contribution in [1.82, 2.24) is 5.32 Å². The largest absolute Gasteiger partial charge is 0.384 e. The number of rotatable bonds is 7. The van der Waals surface area contributed by atoms with Gasteiger partial charge in [0.2, 0.25) is 0 Å². The highest BCUT2D eigenvalue weighted by Gasteiger charge is 2.31. The molecule has 0 radical (unpaired) electrons. The maximum Gasteiger partial charge on any atom is 0.178 e. The number of benzene rings is 1. The van der Waals surface area contributed by atoms with Gasteiger partial charge in [-0.2, -0.15) is 0 Å². The molecule has 0 aromatic heterocycles. The van der Waals surface area contributed by atoms with E-state index in [0.29, 0.717) is 4.90 Å². The monoisotopic (exact) mass is 326 g/mol. The minimum atomic E-state index is -3.13. The minimum absolute atomic E-state index is 0.129. The van der Waals surface area contributed by atoms with Crippen molar-refractivity contribution in [2.75, 3.05) is 44.4 Å². The number of hydrogen-bond donors (Lipinski definition) is 2. The smallest absolute Gasteiger partial charge is 0.178 e. The molecule has 0 atom stereocenters. The van der Waals surface area contributed by atoms with Gasteiger partial charge in [0.1, 0.15) is 0 Å². The molecule has 5 nitrogen and oxygen atoms in total. The van der Waals surface area contributed by atoms with Gasteiger partial charge in [-0.05, 0) is 50.2 Å². The fourth-order valence-electron chi connectivity index (χ4n) is 2.87. The summed E-state index contributed by atoms with van der Waals surface area (Å²) in [4.78, 5) is 0.383. The molecule has 0 saturated carbocycles. The van der Waals surface area contributed by atoms with Crippen LogP contribution in [0.2, 0.25) is 0 Å². The Labute approximate surface area is 133 Å². The Kier molecular flexibility index (Phi) is 5.83. The molecule has 2 N–H and O–H groups in total. The average Bonchev–Trinajstić information content (AvgIpc) is 2.55. The zero-order valence-electron chi connectivity index (χ0n) is 13.4. The molecule has 22 heavy (non-hydrogen) atoms. The third-order valence-electron chi connectivity index (χ3n) is 4.38. The fourth-order valence-corrected chi connectivity index (χ4v) is 3.76. The second kappa shape index (κ2) is 7.44. The topological polar surface area (TPSA) is 67.4 Å². The van der Waals surface area contributed by atoms with Gasteiger partial charge in [-0.15, -0.1) is 0 Å². The minimum Gasteiger partial charge on any atom is -0.384 e. The van der Waals surface area contributed by atoms with Crippen LogP contribution in [0.4, 0.5) is 5.69 Å². The molecule has 1 aromatic carbocycles. The Morgan fingerprint density at radius 1 is 1.23 bits per heavy atom. The summed E-state index contributed by atoms with van der Waals surface area (Å²) in [5.41, 5.74) is 1.10. The third kappa shape index (κ3) is 4.21. The first-order chi connectivity index (χ1) is 10.5. The van der Waals surface area contributed by atoms with E-state index in [1.807, 2.05) is 12.1 Å². The number of anilines is 1. The molecule has 124 valence electrons. The Morgan fingerprint density at radius 3 is 2.41 bits per heavy atom. The summed E-state index contributed by atoms with van der Waals surface area (Å²) in [7, 11) is -1.38. The highest BCUT2D eigenvalue weighted by Crippen LogP contribution is 2.29. The molecule has 0 amide bonds. The van der Waals surface area contributed by atoms with E-state index in [1.165, 1.54) is 0 Å². The van der Waals surface area contributed by atoms with E-state index >= 15 is 0 Å². The second-order valence-electron chi connectivity index (χ2n) is 5.96. The van der Waals surface area contributed by atoms with Gasteiger partial charge in [0, 0.05) is 24.8 Å². The van der Waals surface area contributed by atoms with Crippen LogP contribution in [0.3, 0.4) is 0 Å². The molecule has 1 aliphatic heterocycles. The normalized spacial score (nSPS) is 18.1. The lowest BCUT2D eigenvalue weighted by molar-refractivity contribution is 0.0636. The predicted octanol–water partition coefficient (Wildman–Crippen LogP) is 1.91. The number of nitrogens with one attached hydrogen (secondary N) is 2. The van der Waals surface area contributed by atoms with Gasteiger partial charge in [0.15, 0.2) is 9.84 Å². The standard InChI is InChI=1S/C16H26N2O3S/c1-3-22(19,20)15-6-4-14(5-7-15)18-12-16(13-21-2)8-10-17-11-9-16/h4-7,17-18H,3,8-13H2,1-2H3. The summed E-state index contributed by atoms with van der Waals surface area (Å²) in [6, 6.07) is 7.02. The van der Waals surface area contributed by atoms with Crippen molar-refractivity contribution in [2.24, 2.45) is 5.41 Å². The van der Waals surface area contributed by atoms with Crippen LogP contribution in [-0.4, -0.2) is 47.5 Å². The lowest BCUT2D eigenvalue weighted by Crippen LogP contribution is -2.44. The van der Waals surface area contributed by atoms with Crippen molar-refractivity contribution in [2.45, 2.75) is 24.7 Å². The summed E-state index contributed by atoms with van der Waals surface area (Å²) >= 11 is 0. The predicted molar refractivity (Wildman–Crippen MR) is 89.1 cm³/mol. The van der Waals surface area contributed by atoms with E-state index in [0.717, 1.165) is 44.8 Å². The quantitative estimate of drug-likeness (QED) is 0.801. The van der Waals surface area contributed by atoms with E-state index in [9.17, 15) is 8.42 Å². The van der Waals surface area contributed by atoms with E-state index in [-0.39, 0.29) is 11.2 Å². The van der Waals surface area contributed by atoms with E-state index in [2.05, 4.69) is 10.6 Å². The van der Waals surface area contributed by atoms with Crippen LogP contribution in [0, 0.1) is 5.41 Å². The van der Waals surface area contributed by atoms with Crippen LogP contribution in [0.25, 0.3) is 0 Å². The number of methoxy groups -OCH3 is 1. The molecule has 1 saturated heterocycles. The first kappa shape index (κ1) is 17.2. The van der Waals surface area contributed by atoms with Crippen LogP contribution in [-0.2, 0) is 14.6 Å². The average molecular weight is 326 g/mol. The summed E-state index contributed by atoms with van der Waals surface area (Å²) in [6.07, 6.45) is 2.16. The molecule has 0 bridgehead atoms. The Hall–Kier alpha value is -1.11. The lowest BCUT2D eigenvalue weighted by Gasteiger charge is -2.37. The van der Waals surface area contributed by atoms with Crippen LogP contribution >= 0.6 is 0 Å². The van der Waals surface area contributed by atoms with Crippen molar-refractivity contribution in [1.29, 1.82) is 0 Å². The van der Waals surface area contributed by atoms with Gasteiger partial charge in [-0.3, -0.25) is 0 Å². The summed E-state index contributed by atoms with van der Waals surface area (Å²) in [5, 5.41) is 6.81. The molecule has 0 aliphatic carbocycles. The summed E-state index contributed by atoms with van der Waals surface area (Å²) in [6.45, 7) is 5.26. The summed E-state index contributed by atoms with van der Waals surface area (Å²) < 4.78 is 29.0. The maximum atomic E-state index is 11.8. The number of hydrogen-bond acceptors (Lipinski definition) is 5. The van der Waals surface area contributed by atoms with Crippen molar-refractivity contribution < 1.29 is 13.2 Å². The molecular formula is C16H26N2O3S. The number of ether oxygens (including phenoxy) is 1. The SMILES string of the molecule is CCS(=O)(=O)c1ccc(NCC2(COC)CCNCC2)cc1. The Morgan fingerprint density at radius 2 is 1.86 bits per heavy atom. The second-order valence-corrected chi connectivity index (χ2v) is 8.24. The fraction of sp³-hybridized carbons (Fsp3) is 0.625. The maximum absolute atomic E-state index is 11.8. The molecule has 0 spiro atoms. The zero-order valence-corrected chi connectivity index (χ0v) is 14.2. The number of sulfone groups is 1. The van der Waals surface area contributed by atoms with Gasteiger partial charge < -0.3 is 15.4 Å². The van der Waals surface area contributed by atoms with E-state index in [1.54, 1.807) is 26.2 Å². The van der Waals surface area contributed by atoms with Crippen LogP contribution in [0.1, 0.15) is 19.8 Å². The molecule has 1 aromatic rings. The van der Waals surface area contributed by atoms with Gasteiger partial charge in [0.25, 0.3) is 0 Å². The Balaban J connectivity index is 2.01. The van der Waals surface area contributed by atoms with Gasteiger partial charge in [0.05, 0.1) is 17.3 Å². The van der Waals surface area contributed by atoms with Gasteiger partial charge in [-0.1, -0.05) is 6.92 Å². The molecular weight excluding hydrogens is 300 g/mol. The van der Waals surface area contributed by atoms with Crippen LogP contribution in [0.15, 0.2) is 29.2 Å². The van der Waals surface area contributed by atoms with Gasteiger partial charge >= 0.3 is 0 Å². The highest BCUT2D eigenvalue weighted by atomic mass is 32.2. The third-order valence-corrected chi connectivity index (χ3v) is 6.13. The lowest BCUT2D eigenvalue weighted by atomic mass is 9.79. The van der Waals surface area contributed by atoms with Crippen molar-refractivity contribution in [3.63, 3.8) is 0 Å². The van der Waals surface area contributed by atoms with Crippen LogP contribution < -0.4 is 10.6 Å².